The number of sulfone groups is 1. The molecule has 220 valence electrons. The number of carbonyl (C=O) groups excluding carboxylic acids is 2. The molecule has 2 amide bonds. The normalized spacial score (nSPS) is 22.2. The number of anilines is 1. The first-order valence-corrected chi connectivity index (χ1v) is 14.5. The number of morpholine rings is 1. The summed E-state index contributed by atoms with van der Waals surface area (Å²) in [5, 5.41) is 2.36. The van der Waals surface area contributed by atoms with Gasteiger partial charge in [0.25, 0.3) is 11.7 Å². The minimum Gasteiger partial charge on any atom is -0.368 e. The highest BCUT2D eigenvalue weighted by Crippen LogP contribution is 2.34. The average Bonchev–Trinajstić information content (AvgIpc) is 3.25. The van der Waals surface area contributed by atoms with E-state index >= 15 is 0 Å². The molecule has 2 atom stereocenters. The number of benzene rings is 1. The molecule has 0 bridgehead atoms. The fourth-order valence-electron chi connectivity index (χ4n) is 4.63. The van der Waals surface area contributed by atoms with Crippen LogP contribution in [0.3, 0.4) is 0 Å². The minimum absolute atomic E-state index is 0.0597. The Kier molecular flexibility index (Phi) is 7.57. The summed E-state index contributed by atoms with van der Waals surface area (Å²) in [7, 11) is -3.52. The third kappa shape index (κ3) is 6.01. The largest absolute Gasteiger partial charge is 0.416 e. The van der Waals surface area contributed by atoms with Crippen LogP contribution in [0.1, 0.15) is 21.5 Å². The first-order valence-electron chi connectivity index (χ1n) is 12.5. The van der Waals surface area contributed by atoms with Gasteiger partial charge in [-0.15, -0.1) is 4.59 Å². The fraction of sp³-hybridized carbons (Fsp3) is 0.269. The molecule has 1 aromatic carbocycles. The Morgan fingerprint density at radius 1 is 1.21 bits per heavy atom. The molecule has 42 heavy (non-hydrogen) atoms. The summed E-state index contributed by atoms with van der Waals surface area (Å²) in [6.45, 7) is 0.439. The molecule has 1 fully saturated rings. The van der Waals surface area contributed by atoms with E-state index in [0.29, 0.717) is 22.8 Å². The van der Waals surface area contributed by atoms with E-state index in [4.69, 9.17) is 15.6 Å². The van der Waals surface area contributed by atoms with E-state index in [0.717, 1.165) is 24.6 Å². The number of alkyl halides is 3. The Hall–Kier alpha value is -4.25. The number of nitrogens with two attached hydrogens (primary N) is 1. The summed E-state index contributed by atoms with van der Waals surface area (Å²) in [6, 6.07) is 7.65. The summed E-state index contributed by atoms with van der Waals surface area (Å²) in [4.78, 5) is 39.4. The Bertz CT molecular complexity index is 1670. The summed E-state index contributed by atoms with van der Waals surface area (Å²) in [5.41, 5.74) is 0.628. The number of hydrogen-bond donors (Lipinski definition) is 2. The number of pyridine rings is 1. The first kappa shape index (κ1) is 29.2. The fourth-order valence-corrected chi connectivity index (χ4v) is 5.27. The molecular weight excluding hydrogens is 579 g/mol. The molecule has 0 radical (unpaired) electrons. The number of nitrogens with zero attached hydrogens (tertiary/aromatic N) is 5. The van der Waals surface area contributed by atoms with Crippen LogP contribution < -0.4 is 11.2 Å². The van der Waals surface area contributed by atoms with Gasteiger partial charge < -0.3 is 15.0 Å². The number of carbonyl (C=O) groups is 2. The molecule has 1 unspecified atom stereocenters. The molecular formula is C26H25F3N7O5S+. The quantitative estimate of drug-likeness (QED) is 0.376. The molecule has 3 aliphatic rings. The van der Waals surface area contributed by atoms with Gasteiger partial charge in [0.05, 0.1) is 36.7 Å². The second-order valence-corrected chi connectivity index (χ2v) is 11.9. The third-order valence-corrected chi connectivity index (χ3v) is 7.44. The molecule has 12 nitrogen and oxygen atoms in total. The molecule has 4 heterocycles. The van der Waals surface area contributed by atoms with Gasteiger partial charge in [-0.3, -0.25) is 14.6 Å². The van der Waals surface area contributed by atoms with Gasteiger partial charge in [0, 0.05) is 24.6 Å². The Morgan fingerprint density at radius 3 is 2.64 bits per heavy atom. The molecule has 1 aromatic heterocycles. The summed E-state index contributed by atoms with van der Waals surface area (Å²) in [6.07, 6.45) is 1.27. The van der Waals surface area contributed by atoms with Crippen LogP contribution in [-0.4, -0.2) is 84.6 Å². The SMILES string of the molecule is CS(=O)(=O)CC(=O)N1CCO[C@@H](C2=C3C=NC=C[N+]3(N)C(c3ccc(C(=O)Nc4cc(C(F)(F)F)ccn4)cc3)=N2)C1. The van der Waals surface area contributed by atoms with E-state index in [1.165, 1.54) is 29.4 Å². The third-order valence-electron chi connectivity index (χ3n) is 6.67. The van der Waals surface area contributed by atoms with Crippen molar-refractivity contribution in [3.05, 3.63) is 83.1 Å². The van der Waals surface area contributed by atoms with Crippen LogP contribution in [0.2, 0.25) is 0 Å². The molecule has 0 aliphatic carbocycles. The van der Waals surface area contributed by atoms with E-state index < -0.39 is 45.2 Å². The van der Waals surface area contributed by atoms with Crippen molar-refractivity contribution in [1.29, 1.82) is 0 Å². The van der Waals surface area contributed by atoms with Crippen molar-refractivity contribution >= 4 is 39.5 Å². The molecule has 0 spiro atoms. The molecule has 1 saturated heterocycles. The predicted molar refractivity (Wildman–Crippen MR) is 145 cm³/mol. The summed E-state index contributed by atoms with van der Waals surface area (Å²) in [5.74, 6) is 5.02. The van der Waals surface area contributed by atoms with Crippen molar-refractivity contribution in [2.24, 2.45) is 15.8 Å². The Morgan fingerprint density at radius 2 is 1.95 bits per heavy atom. The van der Waals surface area contributed by atoms with Crippen LogP contribution in [0, 0.1) is 0 Å². The second kappa shape index (κ2) is 10.9. The predicted octanol–water partition coefficient (Wildman–Crippen LogP) is 1.84. The van der Waals surface area contributed by atoms with E-state index in [-0.39, 0.29) is 35.7 Å². The number of allylic oxidation sites excluding steroid dienone is 1. The van der Waals surface area contributed by atoms with Crippen LogP contribution in [0.4, 0.5) is 19.0 Å². The van der Waals surface area contributed by atoms with E-state index in [9.17, 15) is 31.2 Å². The number of rotatable bonds is 6. The number of amidine groups is 1. The van der Waals surface area contributed by atoms with Gasteiger partial charge in [-0.2, -0.15) is 24.0 Å². The highest BCUT2D eigenvalue weighted by atomic mass is 32.2. The minimum atomic E-state index is -4.58. The average molecular weight is 605 g/mol. The van der Waals surface area contributed by atoms with E-state index in [2.05, 4.69) is 15.3 Å². The van der Waals surface area contributed by atoms with Crippen molar-refractivity contribution < 1.29 is 40.5 Å². The van der Waals surface area contributed by atoms with Crippen molar-refractivity contribution in [1.82, 2.24) is 9.88 Å². The zero-order valence-electron chi connectivity index (χ0n) is 22.1. The number of quaternary nitrogens is 1. The van der Waals surface area contributed by atoms with E-state index in [1.54, 1.807) is 18.3 Å². The number of nitrogens with one attached hydrogen (secondary N) is 1. The zero-order chi connectivity index (χ0) is 30.3. The van der Waals surface area contributed by atoms with Gasteiger partial charge in [-0.25, -0.2) is 13.4 Å². The summed E-state index contributed by atoms with van der Waals surface area (Å²) < 4.78 is 67.8. The smallest absolute Gasteiger partial charge is 0.368 e. The number of fused-ring (bicyclic) bond motifs is 1. The van der Waals surface area contributed by atoms with Gasteiger partial charge in [0.1, 0.15) is 29.6 Å². The Labute approximate surface area is 238 Å². The Balaban J connectivity index is 1.37. The van der Waals surface area contributed by atoms with Crippen molar-refractivity contribution in [2.45, 2.75) is 12.3 Å². The van der Waals surface area contributed by atoms with E-state index in [1.807, 2.05) is 0 Å². The lowest BCUT2D eigenvalue weighted by molar-refractivity contribution is -0.750. The highest BCUT2D eigenvalue weighted by molar-refractivity contribution is 7.91. The van der Waals surface area contributed by atoms with Gasteiger partial charge >= 0.3 is 6.18 Å². The van der Waals surface area contributed by atoms with Crippen LogP contribution in [0.5, 0.6) is 0 Å². The van der Waals surface area contributed by atoms with Crippen LogP contribution in [0.15, 0.2) is 76.4 Å². The van der Waals surface area contributed by atoms with Crippen molar-refractivity contribution in [3.63, 3.8) is 0 Å². The highest BCUT2D eigenvalue weighted by Gasteiger charge is 2.47. The maximum Gasteiger partial charge on any atom is 0.416 e. The van der Waals surface area contributed by atoms with Gasteiger partial charge in [0.15, 0.2) is 9.84 Å². The number of aromatic nitrogens is 1. The number of halogens is 3. The lowest BCUT2D eigenvalue weighted by Gasteiger charge is -2.33. The molecule has 5 rings (SSSR count). The first-order chi connectivity index (χ1) is 19.7. The topological polar surface area (TPSA) is 156 Å². The lowest BCUT2D eigenvalue weighted by Crippen LogP contribution is -2.53. The number of hydrogen-bond acceptors (Lipinski definition) is 9. The van der Waals surface area contributed by atoms with Crippen LogP contribution in [0.25, 0.3) is 0 Å². The number of aliphatic imine (C=N–C) groups is 2. The number of amides is 2. The van der Waals surface area contributed by atoms with Gasteiger partial charge in [-0.1, -0.05) is 0 Å². The molecule has 2 aromatic rings. The maximum atomic E-state index is 13.0. The number of ether oxygens (including phenoxy) is 1. The maximum absolute atomic E-state index is 13.0. The van der Waals surface area contributed by atoms with Crippen LogP contribution in [-0.2, 0) is 25.5 Å². The van der Waals surface area contributed by atoms with Gasteiger partial charge in [0.2, 0.25) is 11.6 Å². The second-order valence-electron chi connectivity index (χ2n) is 9.79. The monoisotopic (exact) mass is 604 g/mol. The standard InChI is InChI=1S/C26H24F3N7O5S/c1-42(39,40)15-22(37)35-9-11-41-20(14-35)23-19-13-31-8-10-36(19,30)24(34-23)16-2-4-17(5-3-16)25(38)33-21-12-18(6-7-32-21)26(27,28)29/h2-8,10,12-13,20H,9,11,14-15,30H2,1H3/p+1/t20-,36?/m1/s1. The molecule has 3 aliphatic heterocycles. The van der Waals surface area contributed by atoms with Gasteiger partial charge in [-0.05, 0) is 36.4 Å². The zero-order valence-corrected chi connectivity index (χ0v) is 22.9. The molecule has 0 saturated carbocycles. The molecule has 3 N–H and O–H groups in total. The van der Waals surface area contributed by atoms with Crippen LogP contribution >= 0.6 is 0 Å². The molecule has 16 heteroatoms. The van der Waals surface area contributed by atoms with Crippen molar-refractivity contribution in [2.75, 3.05) is 37.0 Å². The van der Waals surface area contributed by atoms with Crippen molar-refractivity contribution in [3.8, 4) is 0 Å². The summed E-state index contributed by atoms with van der Waals surface area (Å²) >= 11 is 0. The lowest BCUT2D eigenvalue weighted by atomic mass is 10.1.